The highest BCUT2D eigenvalue weighted by atomic mass is 127. The summed E-state index contributed by atoms with van der Waals surface area (Å²) in [5.74, 6) is 0. The second-order valence-corrected chi connectivity index (χ2v) is 5.68. The Hall–Kier alpha value is -1.18. The van der Waals surface area contributed by atoms with Gasteiger partial charge in [-0.2, -0.15) is 0 Å². The van der Waals surface area contributed by atoms with Crippen molar-refractivity contribution < 1.29 is 0 Å². The topological polar surface area (TPSA) is 52.7 Å². The molecule has 0 N–H and O–H groups in total. The van der Waals surface area contributed by atoms with E-state index in [9.17, 15) is 4.79 Å². The molecule has 2 aromatic rings. The van der Waals surface area contributed by atoms with Crippen LogP contribution in [0.1, 0.15) is 30.3 Å². The summed E-state index contributed by atoms with van der Waals surface area (Å²) in [5.41, 5.74) is 1.88. The summed E-state index contributed by atoms with van der Waals surface area (Å²) in [6.45, 7) is 2.39. The Balaban J connectivity index is 1.95. The average Bonchev–Trinajstić information content (AvgIpc) is 3.11. The van der Waals surface area contributed by atoms with Crippen molar-refractivity contribution in [2.75, 3.05) is 0 Å². The monoisotopic (exact) mass is 356 g/mol. The van der Waals surface area contributed by atoms with Crippen molar-refractivity contribution in [3.05, 3.63) is 44.2 Å². The molecule has 1 aliphatic carbocycles. The minimum atomic E-state index is 0.0200. The van der Waals surface area contributed by atoms with E-state index >= 15 is 0 Å². The largest absolute Gasteiger partial charge is 0.330 e. The lowest BCUT2D eigenvalue weighted by Crippen LogP contribution is -2.25. The molecule has 0 amide bonds. The first-order valence-electron chi connectivity index (χ1n) is 5.89. The third-order valence-corrected chi connectivity index (χ3v) is 4.42. The Labute approximate surface area is 118 Å². The maximum atomic E-state index is 12.1. The number of aryl methyl sites for hydroxylation is 1. The van der Waals surface area contributed by atoms with Crippen LogP contribution in [0.5, 0.6) is 0 Å². The van der Waals surface area contributed by atoms with Gasteiger partial charge in [-0.3, -0.25) is 9.36 Å². The van der Waals surface area contributed by atoms with Gasteiger partial charge in [0.25, 0.3) is 5.56 Å². The van der Waals surface area contributed by atoms with Crippen molar-refractivity contribution in [2.45, 2.75) is 32.4 Å². The van der Waals surface area contributed by atoms with E-state index < -0.39 is 0 Å². The first-order chi connectivity index (χ1) is 8.66. The van der Waals surface area contributed by atoms with Crippen molar-refractivity contribution in [2.24, 2.45) is 0 Å². The van der Waals surface area contributed by atoms with Crippen LogP contribution in [0, 0.1) is 10.5 Å². The van der Waals surface area contributed by atoms with Gasteiger partial charge < -0.3 is 4.57 Å². The molecule has 18 heavy (non-hydrogen) atoms. The molecule has 1 saturated carbocycles. The molecule has 1 fully saturated rings. The second kappa shape index (κ2) is 4.49. The Morgan fingerprint density at radius 3 is 2.94 bits per heavy atom. The highest BCUT2D eigenvalue weighted by Gasteiger charge is 2.25. The normalized spacial score (nSPS) is 15.0. The summed E-state index contributed by atoms with van der Waals surface area (Å²) >= 11 is 2.05. The maximum absolute atomic E-state index is 12.1. The Morgan fingerprint density at radius 1 is 1.44 bits per heavy atom. The van der Waals surface area contributed by atoms with Crippen LogP contribution in [-0.2, 0) is 6.54 Å². The van der Waals surface area contributed by atoms with E-state index in [0.29, 0.717) is 16.2 Å². The molecule has 2 heterocycles. The molecule has 94 valence electrons. The summed E-state index contributed by atoms with van der Waals surface area (Å²) in [5, 5.41) is 0. The molecule has 0 bridgehead atoms. The smallest absolute Gasteiger partial charge is 0.267 e. The fourth-order valence-electron chi connectivity index (χ4n) is 1.97. The van der Waals surface area contributed by atoms with E-state index in [0.717, 1.165) is 11.4 Å². The highest BCUT2D eigenvalue weighted by Crippen LogP contribution is 2.35. The third kappa shape index (κ3) is 2.09. The van der Waals surface area contributed by atoms with E-state index in [-0.39, 0.29) is 5.56 Å². The van der Waals surface area contributed by atoms with Gasteiger partial charge in [-0.15, -0.1) is 0 Å². The van der Waals surface area contributed by atoms with Crippen molar-refractivity contribution in [3.8, 4) is 0 Å². The van der Waals surface area contributed by atoms with Crippen molar-refractivity contribution in [1.29, 1.82) is 0 Å². The Kier molecular flexibility index (Phi) is 2.96. The maximum Gasteiger partial charge on any atom is 0.267 e. The molecule has 5 nitrogen and oxygen atoms in total. The van der Waals surface area contributed by atoms with E-state index in [1.807, 2.05) is 19.4 Å². The van der Waals surface area contributed by atoms with Gasteiger partial charge in [-0.05, 0) is 42.4 Å². The summed E-state index contributed by atoms with van der Waals surface area (Å²) in [7, 11) is 0. The van der Waals surface area contributed by atoms with E-state index in [1.54, 1.807) is 10.9 Å². The molecular weight excluding hydrogens is 343 g/mol. The second-order valence-electron chi connectivity index (χ2n) is 4.60. The molecule has 0 atom stereocenters. The Bertz CT molecular complexity index is 642. The van der Waals surface area contributed by atoms with Gasteiger partial charge in [0.05, 0.1) is 34.2 Å². The SMILES string of the molecule is Cc1ncn(Cc2cncn2C2CC2)c(=O)c1I. The number of rotatable bonds is 3. The summed E-state index contributed by atoms with van der Waals surface area (Å²) in [4.78, 5) is 20.5. The van der Waals surface area contributed by atoms with Gasteiger partial charge >= 0.3 is 0 Å². The summed E-state index contributed by atoms with van der Waals surface area (Å²) < 4.78 is 4.50. The van der Waals surface area contributed by atoms with Crippen LogP contribution < -0.4 is 5.56 Å². The predicted octanol–water partition coefficient (Wildman–Crippen LogP) is 1.74. The third-order valence-electron chi connectivity index (χ3n) is 3.18. The first-order valence-corrected chi connectivity index (χ1v) is 6.97. The molecule has 0 aromatic carbocycles. The zero-order valence-corrected chi connectivity index (χ0v) is 12.2. The Morgan fingerprint density at radius 2 is 2.22 bits per heavy atom. The molecule has 0 saturated heterocycles. The first kappa shape index (κ1) is 11.9. The molecule has 0 unspecified atom stereocenters. The number of nitrogens with zero attached hydrogens (tertiary/aromatic N) is 4. The van der Waals surface area contributed by atoms with Gasteiger partial charge in [0, 0.05) is 12.2 Å². The van der Waals surface area contributed by atoms with Gasteiger partial charge in [-0.1, -0.05) is 0 Å². The van der Waals surface area contributed by atoms with E-state index in [1.165, 1.54) is 12.8 Å². The van der Waals surface area contributed by atoms with Crippen molar-refractivity contribution in [1.82, 2.24) is 19.1 Å². The average molecular weight is 356 g/mol. The van der Waals surface area contributed by atoms with Gasteiger partial charge in [0.1, 0.15) is 0 Å². The van der Waals surface area contributed by atoms with Crippen LogP contribution in [0.25, 0.3) is 0 Å². The molecule has 0 aliphatic heterocycles. The van der Waals surface area contributed by atoms with Crippen LogP contribution >= 0.6 is 22.6 Å². The fraction of sp³-hybridized carbons (Fsp3) is 0.417. The number of aromatic nitrogens is 4. The standard InChI is InChI=1S/C12H13IN4O/c1-8-11(13)12(18)16(7-15-8)5-10-4-14-6-17(10)9-2-3-9/h4,6-7,9H,2-3,5H2,1H3. The lowest BCUT2D eigenvalue weighted by atomic mass is 10.4. The number of imidazole rings is 1. The van der Waals surface area contributed by atoms with Crippen LogP contribution in [0.3, 0.4) is 0 Å². The zero-order chi connectivity index (χ0) is 12.7. The molecule has 3 rings (SSSR count). The van der Waals surface area contributed by atoms with Crippen LogP contribution in [0.4, 0.5) is 0 Å². The molecule has 0 radical (unpaired) electrons. The summed E-state index contributed by atoms with van der Waals surface area (Å²) in [6, 6.07) is 0.579. The minimum absolute atomic E-state index is 0.0200. The molecule has 6 heteroatoms. The minimum Gasteiger partial charge on any atom is -0.330 e. The zero-order valence-electron chi connectivity index (χ0n) is 10.0. The quantitative estimate of drug-likeness (QED) is 0.788. The molecular formula is C12H13IN4O. The number of hydrogen-bond acceptors (Lipinski definition) is 3. The van der Waals surface area contributed by atoms with Crippen molar-refractivity contribution in [3.63, 3.8) is 0 Å². The number of hydrogen-bond donors (Lipinski definition) is 0. The lowest BCUT2D eigenvalue weighted by molar-refractivity contribution is 0.634. The molecule has 0 spiro atoms. The fourth-order valence-corrected chi connectivity index (χ4v) is 2.42. The van der Waals surface area contributed by atoms with Gasteiger partial charge in [0.15, 0.2) is 0 Å². The molecule has 1 aliphatic rings. The predicted molar refractivity (Wildman–Crippen MR) is 75.6 cm³/mol. The van der Waals surface area contributed by atoms with Gasteiger partial charge in [-0.25, -0.2) is 9.97 Å². The van der Waals surface area contributed by atoms with E-state index in [4.69, 9.17) is 0 Å². The summed E-state index contributed by atoms with van der Waals surface area (Å²) in [6.07, 6.45) is 7.72. The lowest BCUT2D eigenvalue weighted by Gasteiger charge is -2.09. The van der Waals surface area contributed by atoms with Crippen LogP contribution in [0.15, 0.2) is 23.6 Å². The number of halogens is 1. The van der Waals surface area contributed by atoms with Crippen LogP contribution in [-0.4, -0.2) is 19.1 Å². The van der Waals surface area contributed by atoms with E-state index in [2.05, 4.69) is 37.1 Å². The molecule has 2 aromatic heterocycles. The highest BCUT2D eigenvalue weighted by molar-refractivity contribution is 14.1. The van der Waals surface area contributed by atoms with Crippen LogP contribution in [0.2, 0.25) is 0 Å². The van der Waals surface area contributed by atoms with Gasteiger partial charge in [0.2, 0.25) is 0 Å². The van der Waals surface area contributed by atoms with Crippen molar-refractivity contribution >= 4 is 22.6 Å².